The summed E-state index contributed by atoms with van der Waals surface area (Å²) in [6.07, 6.45) is 1.14. The summed E-state index contributed by atoms with van der Waals surface area (Å²) in [6.45, 7) is -0.0168. The summed E-state index contributed by atoms with van der Waals surface area (Å²) in [7, 11) is 0. The van der Waals surface area contributed by atoms with Gasteiger partial charge in [0.1, 0.15) is 0 Å². The molecule has 0 unspecified atom stereocenters. The monoisotopic (exact) mass is 381 g/mol. The highest BCUT2D eigenvalue weighted by Gasteiger charge is 2.22. The molecule has 0 radical (unpaired) electrons. The van der Waals surface area contributed by atoms with Gasteiger partial charge in [0.2, 0.25) is 6.79 Å². The summed E-state index contributed by atoms with van der Waals surface area (Å²) in [5.74, 6) is 0.0296. The molecule has 1 N–H and O–H groups in total. The fraction of sp³-hybridized carbons (Fsp3) is 0.0667. The standard InChI is InChI=1S/C15H9Cl2N3O5/c16-9-1-2-11(17)10(4-9)15(21)19-18-6-8-3-13-14(25-7-24-13)5-12(8)20(22)23/h1-6H,7H2,(H,19,21)/b18-6-. The number of rotatable bonds is 4. The molecule has 0 bridgehead atoms. The van der Waals surface area contributed by atoms with Crippen molar-refractivity contribution in [2.24, 2.45) is 5.10 Å². The zero-order valence-corrected chi connectivity index (χ0v) is 13.9. The Morgan fingerprint density at radius 2 is 1.96 bits per heavy atom. The van der Waals surface area contributed by atoms with Crippen LogP contribution in [0.15, 0.2) is 35.4 Å². The van der Waals surface area contributed by atoms with Crippen molar-refractivity contribution in [1.82, 2.24) is 5.43 Å². The van der Waals surface area contributed by atoms with E-state index in [1.54, 1.807) is 6.07 Å². The van der Waals surface area contributed by atoms with Crippen LogP contribution in [0.2, 0.25) is 10.0 Å². The van der Waals surface area contributed by atoms with Crippen LogP contribution < -0.4 is 14.9 Å². The Kier molecular flexibility index (Phi) is 4.73. The van der Waals surface area contributed by atoms with Crippen LogP contribution in [0.4, 0.5) is 5.69 Å². The highest BCUT2D eigenvalue weighted by atomic mass is 35.5. The molecule has 0 spiro atoms. The molecular formula is C15H9Cl2N3O5. The van der Waals surface area contributed by atoms with Crippen molar-refractivity contribution in [1.29, 1.82) is 0 Å². The lowest BCUT2D eigenvalue weighted by atomic mass is 10.1. The number of halogens is 2. The third kappa shape index (κ3) is 3.65. The number of hydrazone groups is 1. The van der Waals surface area contributed by atoms with Gasteiger partial charge in [-0.15, -0.1) is 0 Å². The molecule has 10 heteroatoms. The van der Waals surface area contributed by atoms with Gasteiger partial charge >= 0.3 is 0 Å². The number of nitro groups is 1. The quantitative estimate of drug-likeness (QED) is 0.496. The van der Waals surface area contributed by atoms with Crippen molar-refractivity contribution in [2.45, 2.75) is 0 Å². The van der Waals surface area contributed by atoms with E-state index in [0.717, 1.165) is 6.21 Å². The molecular weight excluding hydrogens is 373 g/mol. The summed E-state index contributed by atoms with van der Waals surface area (Å²) in [6, 6.07) is 7.05. The van der Waals surface area contributed by atoms with Crippen LogP contribution in [0.25, 0.3) is 0 Å². The Morgan fingerprint density at radius 3 is 2.68 bits per heavy atom. The first kappa shape index (κ1) is 17.0. The lowest BCUT2D eigenvalue weighted by Gasteiger charge is -2.03. The number of nitrogens with zero attached hydrogens (tertiary/aromatic N) is 2. The van der Waals surface area contributed by atoms with E-state index in [4.69, 9.17) is 32.7 Å². The molecule has 3 rings (SSSR count). The first-order valence-electron chi connectivity index (χ1n) is 6.82. The van der Waals surface area contributed by atoms with Crippen molar-refractivity contribution in [2.75, 3.05) is 6.79 Å². The number of hydrogen-bond donors (Lipinski definition) is 1. The molecule has 1 aliphatic heterocycles. The average molecular weight is 382 g/mol. The van der Waals surface area contributed by atoms with Crippen LogP contribution in [-0.4, -0.2) is 23.8 Å². The Labute approximate surface area is 151 Å². The molecule has 0 aliphatic carbocycles. The van der Waals surface area contributed by atoms with Crippen LogP contribution in [0.5, 0.6) is 11.5 Å². The Morgan fingerprint density at radius 1 is 1.24 bits per heavy atom. The van der Waals surface area contributed by atoms with Crippen LogP contribution in [0.3, 0.4) is 0 Å². The van der Waals surface area contributed by atoms with E-state index in [0.29, 0.717) is 10.8 Å². The van der Waals surface area contributed by atoms with Crippen molar-refractivity contribution >= 4 is 41.0 Å². The van der Waals surface area contributed by atoms with Crippen molar-refractivity contribution < 1.29 is 19.2 Å². The van der Waals surface area contributed by atoms with E-state index in [9.17, 15) is 14.9 Å². The SMILES string of the molecule is O=C(N/N=C\c1cc2c(cc1[N+](=O)[O-])OCO2)c1cc(Cl)ccc1Cl. The molecule has 25 heavy (non-hydrogen) atoms. The summed E-state index contributed by atoms with van der Waals surface area (Å²) in [5.41, 5.74) is 2.28. The summed E-state index contributed by atoms with van der Waals surface area (Å²) < 4.78 is 10.3. The first-order valence-corrected chi connectivity index (χ1v) is 7.58. The minimum Gasteiger partial charge on any atom is -0.454 e. The number of fused-ring (bicyclic) bond motifs is 1. The van der Waals surface area contributed by atoms with Crippen LogP contribution >= 0.6 is 23.2 Å². The van der Waals surface area contributed by atoms with Gasteiger partial charge in [-0.2, -0.15) is 5.10 Å². The Hall–Kier alpha value is -2.84. The number of ether oxygens (including phenoxy) is 2. The van der Waals surface area contributed by atoms with Gasteiger partial charge in [-0.1, -0.05) is 23.2 Å². The highest BCUT2D eigenvalue weighted by molar-refractivity contribution is 6.35. The fourth-order valence-electron chi connectivity index (χ4n) is 2.10. The van der Waals surface area contributed by atoms with Crippen LogP contribution in [-0.2, 0) is 0 Å². The minimum absolute atomic E-state index is 0.0168. The van der Waals surface area contributed by atoms with Crippen LogP contribution in [0.1, 0.15) is 15.9 Å². The van der Waals surface area contributed by atoms with Gasteiger partial charge < -0.3 is 9.47 Å². The maximum atomic E-state index is 12.1. The number of carbonyl (C=O) groups excluding carboxylic acids is 1. The molecule has 2 aromatic rings. The maximum Gasteiger partial charge on any atom is 0.282 e. The second kappa shape index (κ2) is 6.96. The molecule has 0 aromatic heterocycles. The summed E-state index contributed by atoms with van der Waals surface area (Å²) in [4.78, 5) is 22.6. The minimum atomic E-state index is -0.604. The second-order valence-corrected chi connectivity index (χ2v) is 5.69. The van der Waals surface area contributed by atoms with Gasteiger partial charge in [0.05, 0.1) is 33.4 Å². The molecule has 128 valence electrons. The number of nitrogens with one attached hydrogen (secondary N) is 1. The molecule has 1 aliphatic rings. The average Bonchev–Trinajstić information content (AvgIpc) is 3.03. The Bertz CT molecular complexity index is 901. The third-order valence-corrected chi connectivity index (χ3v) is 3.83. The predicted octanol–water partition coefficient (Wildman–Crippen LogP) is 3.39. The normalized spacial score (nSPS) is 12.4. The van der Waals surface area contributed by atoms with E-state index in [-0.39, 0.29) is 34.4 Å². The largest absolute Gasteiger partial charge is 0.454 e. The van der Waals surface area contributed by atoms with Crippen molar-refractivity contribution in [3.63, 3.8) is 0 Å². The third-order valence-electron chi connectivity index (χ3n) is 3.26. The van der Waals surface area contributed by atoms with E-state index in [2.05, 4.69) is 10.5 Å². The molecule has 1 amide bonds. The predicted molar refractivity (Wildman–Crippen MR) is 90.7 cm³/mol. The Balaban J connectivity index is 1.81. The smallest absolute Gasteiger partial charge is 0.282 e. The molecule has 1 heterocycles. The van der Waals surface area contributed by atoms with Gasteiger partial charge in [0, 0.05) is 5.02 Å². The molecule has 0 atom stereocenters. The zero-order chi connectivity index (χ0) is 18.0. The van der Waals surface area contributed by atoms with Gasteiger partial charge in [-0.3, -0.25) is 14.9 Å². The van der Waals surface area contributed by atoms with Gasteiger partial charge in [-0.05, 0) is 24.3 Å². The molecule has 0 fully saturated rings. The second-order valence-electron chi connectivity index (χ2n) is 4.84. The molecule has 0 saturated heterocycles. The van der Waals surface area contributed by atoms with Gasteiger partial charge in [0.25, 0.3) is 11.6 Å². The van der Waals surface area contributed by atoms with E-state index >= 15 is 0 Å². The first-order chi connectivity index (χ1) is 12.0. The highest BCUT2D eigenvalue weighted by Crippen LogP contribution is 2.37. The lowest BCUT2D eigenvalue weighted by molar-refractivity contribution is -0.385. The maximum absolute atomic E-state index is 12.1. The number of benzene rings is 2. The van der Waals surface area contributed by atoms with Crippen LogP contribution in [0, 0.1) is 10.1 Å². The van der Waals surface area contributed by atoms with Gasteiger partial charge in [0.15, 0.2) is 11.5 Å². The molecule has 8 nitrogen and oxygen atoms in total. The number of amides is 1. The van der Waals surface area contributed by atoms with Gasteiger partial charge in [-0.25, -0.2) is 5.43 Å². The van der Waals surface area contributed by atoms with E-state index < -0.39 is 10.8 Å². The summed E-state index contributed by atoms with van der Waals surface area (Å²) >= 11 is 11.7. The van der Waals surface area contributed by atoms with Crippen molar-refractivity contribution in [3.05, 3.63) is 61.6 Å². The zero-order valence-electron chi connectivity index (χ0n) is 12.4. The van der Waals surface area contributed by atoms with E-state index in [1.807, 2.05) is 0 Å². The number of hydrogen-bond acceptors (Lipinski definition) is 6. The lowest BCUT2D eigenvalue weighted by Crippen LogP contribution is -2.18. The molecule has 2 aromatic carbocycles. The topological polar surface area (TPSA) is 103 Å². The number of nitro benzene ring substituents is 1. The summed E-state index contributed by atoms with van der Waals surface area (Å²) in [5, 5.41) is 15.4. The molecule has 0 saturated carbocycles. The van der Waals surface area contributed by atoms with E-state index in [1.165, 1.54) is 24.3 Å². The fourth-order valence-corrected chi connectivity index (χ4v) is 2.48. The number of carbonyl (C=O) groups is 1. The van der Waals surface area contributed by atoms with Crippen molar-refractivity contribution in [3.8, 4) is 11.5 Å².